The van der Waals surface area contributed by atoms with Crippen LogP contribution >= 0.6 is 0 Å². The molecular formula is C11H25N. The van der Waals surface area contributed by atoms with Crippen LogP contribution < -0.4 is 5.73 Å². The van der Waals surface area contributed by atoms with Crippen molar-refractivity contribution in [3.63, 3.8) is 0 Å². The van der Waals surface area contributed by atoms with Gasteiger partial charge in [-0.1, -0.05) is 46.5 Å². The molecule has 1 heteroatoms. The lowest BCUT2D eigenvalue weighted by atomic mass is 9.80. The molecule has 0 saturated carbocycles. The van der Waals surface area contributed by atoms with Gasteiger partial charge in [0.15, 0.2) is 0 Å². The first-order valence-electron chi connectivity index (χ1n) is 5.38. The topological polar surface area (TPSA) is 26.0 Å². The van der Waals surface area contributed by atoms with Crippen LogP contribution in [0, 0.1) is 5.41 Å². The van der Waals surface area contributed by atoms with E-state index in [1.807, 2.05) is 0 Å². The van der Waals surface area contributed by atoms with Crippen molar-refractivity contribution in [2.75, 3.05) is 6.54 Å². The Morgan fingerprint density at radius 1 is 1.00 bits per heavy atom. The summed E-state index contributed by atoms with van der Waals surface area (Å²) in [5.74, 6) is 0. The summed E-state index contributed by atoms with van der Waals surface area (Å²) in [6.45, 7) is 7.68. The number of hydrogen-bond donors (Lipinski definition) is 1. The van der Waals surface area contributed by atoms with Gasteiger partial charge in [-0.05, 0) is 24.8 Å². The molecule has 12 heavy (non-hydrogen) atoms. The molecule has 0 bridgehead atoms. The molecule has 0 aliphatic heterocycles. The van der Waals surface area contributed by atoms with Crippen molar-refractivity contribution >= 4 is 0 Å². The zero-order chi connectivity index (χ0) is 9.45. The SMILES string of the molecule is CCCCC(C)(CN)CCCC. The van der Waals surface area contributed by atoms with Gasteiger partial charge >= 0.3 is 0 Å². The minimum atomic E-state index is 0.423. The molecule has 0 aliphatic carbocycles. The Labute approximate surface area is 77.7 Å². The summed E-state index contributed by atoms with van der Waals surface area (Å²) >= 11 is 0. The molecule has 0 aromatic rings. The highest BCUT2D eigenvalue weighted by Crippen LogP contribution is 2.28. The summed E-state index contributed by atoms with van der Waals surface area (Å²) in [7, 11) is 0. The maximum absolute atomic E-state index is 5.79. The molecule has 0 amide bonds. The largest absolute Gasteiger partial charge is 0.330 e. The third-order valence-corrected chi connectivity index (χ3v) is 2.76. The molecule has 74 valence electrons. The molecule has 0 saturated heterocycles. The van der Waals surface area contributed by atoms with E-state index in [-0.39, 0.29) is 0 Å². The first-order chi connectivity index (χ1) is 5.68. The predicted molar refractivity (Wildman–Crippen MR) is 56.2 cm³/mol. The average Bonchev–Trinajstić information content (AvgIpc) is 2.11. The molecule has 0 aromatic heterocycles. The monoisotopic (exact) mass is 171 g/mol. The summed E-state index contributed by atoms with van der Waals surface area (Å²) < 4.78 is 0. The molecule has 0 radical (unpaired) electrons. The van der Waals surface area contributed by atoms with Gasteiger partial charge in [-0.15, -0.1) is 0 Å². The van der Waals surface area contributed by atoms with E-state index in [2.05, 4.69) is 20.8 Å². The van der Waals surface area contributed by atoms with E-state index in [0.29, 0.717) is 5.41 Å². The van der Waals surface area contributed by atoms with E-state index < -0.39 is 0 Å². The van der Waals surface area contributed by atoms with Crippen LogP contribution in [0.25, 0.3) is 0 Å². The fraction of sp³-hybridized carbons (Fsp3) is 1.00. The number of hydrogen-bond acceptors (Lipinski definition) is 1. The maximum Gasteiger partial charge on any atom is -0.00232 e. The van der Waals surface area contributed by atoms with Crippen molar-refractivity contribution in [3.05, 3.63) is 0 Å². The van der Waals surface area contributed by atoms with E-state index in [1.165, 1.54) is 38.5 Å². The smallest absolute Gasteiger partial charge is 0.00232 e. The van der Waals surface area contributed by atoms with Crippen LogP contribution in [0.3, 0.4) is 0 Å². The van der Waals surface area contributed by atoms with Crippen molar-refractivity contribution in [2.24, 2.45) is 11.1 Å². The van der Waals surface area contributed by atoms with Gasteiger partial charge in [0.2, 0.25) is 0 Å². The van der Waals surface area contributed by atoms with Crippen LogP contribution in [0.4, 0.5) is 0 Å². The fourth-order valence-electron chi connectivity index (χ4n) is 1.54. The third-order valence-electron chi connectivity index (χ3n) is 2.76. The van der Waals surface area contributed by atoms with Gasteiger partial charge in [-0.3, -0.25) is 0 Å². The van der Waals surface area contributed by atoms with Crippen molar-refractivity contribution < 1.29 is 0 Å². The van der Waals surface area contributed by atoms with Crippen LogP contribution in [0.15, 0.2) is 0 Å². The maximum atomic E-state index is 5.79. The molecule has 0 aromatic carbocycles. The minimum absolute atomic E-state index is 0.423. The Hall–Kier alpha value is -0.0400. The minimum Gasteiger partial charge on any atom is -0.330 e. The first kappa shape index (κ1) is 12.0. The van der Waals surface area contributed by atoms with Gasteiger partial charge in [0.1, 0.15) is 0 Å². The molecule has 0 heterocycles. The predicted octanol–water partition coefficient (Wildman–Crippen LogP) is 3.33. The van der Waals surface area contributed by atoms with Crippen LogP contribution in [0.5, 0.6) is 0 Å². The summed E-state index contributed by atoms with van der Waals surface area (Å²) in [5, 5.41) is 0. The number of nitrogens with two attached hydrogens (primary N) is 1. The molecule has 0 spiro atoms. The Bertz CT molecular complexity index is 91.2. The molecule has 0 unspecified atom stereocenters. The van der Waals surface area contributed by atoms with Crippen molar-refractivity contribution in [1.29, 1.82) is 0 Å². The van der Waals surface area contributed by atoms with E-state index in [1.54, 1.807) is 0 Å². The van der Waals surface area contributed by atoms with Crippen molar-refractivity contribution in [3.8, 4) is 0 Å². The highest BCUT2D eigenvalue weighted by molar-refractivity contribution is 4.74. The quantitative estimate of drug-likeness (QED) is 0.624. The zero-order valence-electron chi connectivity index (χ0n) is 9.03. The Kier molecular flexibility index (Phi) is 6.45. The summed E-state index contributed by atoms with van der Waals surface area (Å²) in [5.41, 5.74) is 6.21. The lowest BCUT2D eigenvalue weighted by Gasteiger charge is -2.27. The van der Waals surface area contributed by atoms with Gasteiger partial charge in [-0.2, -0.15) is 0 Å². The second kappa shape index (κ2) is 6.47. The van der Waals surface area contributed by atoms with Gasteiger partial charge in [0, 0.05) is 0 Å². The second-order valence-corrected chi connectivity index (χ2v) is 4.22. The Morgan fingerprint density at radius 2 is 1.42 bits per heavy atom. The molecule has 0 fully saturated rings. The van der Waals surface area contributed by atoms with Gasteiger partial charge < -0.3 is 5.73 Å². The average molecular weight is 171 g/mol. The summed E-state index contributed by atoms with van der Waals surface area (Å²) in [6.07, 6.45) is 7.86. The van der Waals surface area contributed by atoms with Crippen LogP contribution in [0.2, 0.25) is 0 Å². The van der Waals surface area contributed by atoms with E-state index in [0.717, 1.165) is 6.54 Å². The lowest BCUT2D eigenvalue weighted by molar-refractivity contribution is 0.266. The molecule has 0 atom stereocenters. The van der Waals surface area contributed by atoms with E-state index in [4.69, 9.17) is 5.73 Å². The van der Waals surface area contributed by atoms with Crippen molar-refractivity contribution in [2.45, 2.75) is 59.3 Å². The third kappa shape index (κ3) is 4.76. The normalized spacial score (nSPS) is 12.0. The lowest BCUT2D eigenvalue weighted by Crippen LogP contribution is -2.27. The van der Waals surface area contributed by atoms with Crippen LogP contribution in [0.1, 0.15) is 59.3 Å². The van der Waals surface area contributed by atoms with Crippen LogP contribution in [-0.2, 0) is 0 Å². The molecular weight excluding hydrogens is 146 g/mol. The van der Waals surface area contributed by atoms with E-state index in [9.17, 15) is 0 Å². The highest BCUT2D eigenvalue weighted by atomic mass is 14.6. The van der Waals surface area contributed by atoms with Gasteiger partial charge in [-0.25, -0.2) is 0 Å². The van der Waals surface area contributed by atoms with Crippen LogP contribution in [-0.4, -0.2) is 6.54 Å². The van der Waals surface area contributed by atoms with Gasteiger partial charge in [0.05, 0.1) is 0 Å². The number of rotatable bonds is 7. The zero-order valence-corrected chi connectivity index (χ0v) is 9.03. The Balaban J connectivity index is 3.70. The molecule has 0 aliphatic rings. The number of unbranched alkanes of at least 4 members (excludes halogenated alkanes) is 2. The van der Waals surface area contributed by atoms with Gasteiger partial charge in [0.25, 0.3) is 0 Å². The fourth-order valence-corrected chi connectivity index (χ4v) is 1.54. The Morgan fingerprint density at radius 3 is 1.67 bits per heavy atom. The highest BCUT2D eigenvalue weighted by Gasteiger charge is 2.20. The summed E-state index contributed by atoms with van der Waals surface area (Å²) in [4.78, 5) is 0. The molecule has 1 nitrogen and oxygen atoms in total. The summed E-state index contributed by atoms with van der Waals surface area (Å²) in [6, 6.07) is 0. The standard InChI is InChI=1S/C11H25N/c1-4-6-8-11(3,10-12)9-7-5-2/h4-10,12H2,1-3H3. The molecule has 0 rings (SSSR count). The molecule has 2 N–H and O–H groups in total. The first-order valence-corrected chi connectivity index (χ1v) is 5.38. The second-order valence-electron chi connectivity index (χ2n) is 4.22. The van der Waals surface area contributed by atoms with Crippen molar-refractivity contribution in [1.82, 2.24) is 0 Å². The van der Waals surface area contributed by atoms with E-state index >= 15 is 0 Å².